The molecule has 106 valence electrons. The molecule has 0 saturated heterocycles. The number of methoxy groups -OCH3 is 1. The number of rotatable bonds is 3. The summed E-state index contributed by atoms with van der Waals surface area (Å²) in [6, 6.07) is 4.34. The topological polar surface area (TPSA) is 29.5 Å². The van der Waals surface area contributed by atoms with Crippen LogP contribution in [-0.2, 0) is 0 Å². The van der Waals surface area contributed by atoms with Gasteiger partial charge in [0.25, 0.3) is 0 Å². The lowest BCUT2D eigenvalue weighted by Gasteiger charge is -2.36. The molecule has 0 amide bonds. The van der Waals surface area contributed by atoms with Crippen molar-refractivity contribution in [2.24, 2.45) is 11.3 Å². The summed E-state index contributed by atoms with van der Waals surface area (Å²) in [6.07, 6.45) is 3.53. The molecule has 1 aliphatic carbocycles. The smallest absolute Gasteiger partial charge is 0.124 e. The van der Waals surface area contributed by atoms with E-state index in [1.54, 1.807) is 13.2 Å². The Morgan fingerprint density at radius 1 is 1.32 bits per heavy atom. The number of hydrogen-bond donors (Lipinski definition) is 1. The highest BCUT2D eigenvalue weighted by Crippen LogP contribution is 2.44. The van der Waals surface area contributed by atoms with Crippen LogP contribution in [0.5, 0.6) is 5.75 Å². The van der Waals surface area contributed by atoms with E-state index in [-0.39, 0.29) is 11.7 Å². The third-order valence-electron chi connectivity index (χ3n) is 4.34. The minimum atomic E-state index is -0.637. The maximum atomic E-state index is 13.4. The summed E-state index contributed by atoms with van der Waals surface area (Å²) in [5.74, 6) is 0.438. The van der Waals surface area contributed by atoms with E-state index in [1.807, 2.05) is 0 Å². The number of ether oxygens (including phenoxy) is 1. The van der Waals surface area contributed by atoms with E-state index < -0.39 is 6.10 Å². The Balaban J connectivity index is 2.16. The molecular formula is C16H23FO2. The van der Waals surface area contributed by atoms with Crippen LogP contribution >= 0.6 is 0 Å². The van der Waals surface area contributed by atoms with Crippen molar-refractivity contribution in [1.82, 2.24) is 0 Å². The summed E-state index contributed by atoms with van der Waals surface area (Å²) in [6.45, 7) is 4.52. The molecule has 2 rings (SSSR count). The van der Waals surface area contributed by atoms with Crippen molar-refractivity contribution in [3.63, 3.8) is 0 Å². The summed E-state index contributed by atoms with van der Waals surface area (Å²) in [5.41, 5.74) is 0.939. The van der Waals surface area contributed by atoms with Gasteiger partial charge in [0, 0.05) is 5.56 Å². The standard InChI is InChI=1S/C16H23FO2/c1-16(2)8-6-11(7-9-16)15(18)13-10-12(17)4-5-14(13)19-3/h4-5,10-11,15,18H,6-9H2,1-3H3. The number of hydrogen-bond acceptors (Lipinski definition) is 2. The second-order valence-corrected chi connectivity index (χ2v) is 6.33. The highest BCUT2D eigenvalue weighted by atomic mass is 19.1. The van der Waals surface area contributed by atoms with E-state index in [0.717, 1.165) is 25.7 Å². The Morgan fingerprint density at radius 3 is 2.53 bits per heavy atom. The molecule has 0 heterocycles. The summed E-state index contributed by atoms with van der Waals surface area (Å²) in [4.78, 5) is 0. The van der Waals surface area contributed by atoms with Gasteiger partial charge in [0.15, 0.2) is 0 Å². The molecule has 19 heavy (non-hydrogen) atoms. The van der Waals surface area contributed by atoms with Gasteiger partial charge in [-0.25, -0.2) is 4.39 Å². The maximum Gasteiger partial charge on any atom is 0.124 e. The Morgan fingerprint density at radius 2 is 1.95 bits per heavy atom. The molecule has 0 spiro atoms. The molecule has 1 saturated carbocycles. The minimum absolute atomic E-state index is 0.198. The zero-order valence-electron chi connectivity index (χ0n) is 11.9. The highest BCUT2D eigenvalue weighted by Gasteiger charge is 2.32. The SMILES string of the molecule is COc1ccc(F)cc1C(O)C1CCC(C)(C)CC1. The molecule has 2 nitrogen and oxygen atoms in total. The monoisotopic (exact) mass is 266 g/mol. The van der Waals surface area contributed by atoms with Gasteiger partial charge in [-0.2, -0.15) is 0 Å². The van der Waals surface area contributed by atoms with Crippen molar-refractivity contribution in [1.29, 1.82) is 0 Å². The lowest BCUT2D eigenvalue weighted by Crippen LogP contribution is -2.25. The van der Waals surface area contributed by atoms with Gasteiger partial charge in [0.2, 0.25) is 0 Å². The third kappa shape index (κ3) is 3.27. The Bertz CT molecular complexity index is 432. The van der Waals surface area contributed by atoms with E-state index in [2.05, 4.69) is 13.8 Å². The van der Waals surface area contributed by atoms with Gasteiger partial charge in [-0.1, -0.05) is 13.8 Å². The van der Waals surface area contributed by atoms with E-state index >= 15 is 0 Å². The fourth-order valence-electron chi connectivity index (χ4n) is 2.93. The zero-order valence-corrected chi connectivity index (χ0v) is 11.9. The number of aliphatic hydroxyl groups is 1. The van der Waals surface area contributed by atoms with Crippen LogP contribution in [-0.4, -0.2) is 12.2 Å². The first-order valence-electron chi connectivity index (χ1n) is 6.94. The minimum Gasteiger partial charge on any atom is -0.496 e. The average molecular weight is 266 g/mol. The molecule has 1 aromatic rings. The second kappa shape index (κ2) is 5.49. The van der Waals surface area contributed by atoms with E-state index in [4.69, 9.17) is 4.74 Å². The molecule has 1 N–H and O–H groups in total. The van der Waals surface area contributed by atoms with Gasteiger partial charge < -0.3 is 9.84 Å². The van der Waals surface area contributed by atoms with Gasteiger partial charge in [0.05, 0.1) is 13.2 Å². The Kier molecular flexibility index (Phi) is 4.14. The molecule has 1 atom stereocenters. The fourth-order valence-corrected chi connectivity index (χ4v) is 2.93. The van der Waals surface area contributed by atoms with Crippen LogP contribution in [0.2, 0.25) is 0 Å². The molecule has 1 unspecified atom stereocenters. The molecule has 0 bridgehead atoms. The number of aliphatic hydroxyl groups excluding tert-OH is 1. The van der Waals surface area contributed by atoms with E-state index in [1.165, 1.54) is 12.1 Å². The van der Waals surface area contributed by atoms with Crippen LogP contribution in [0.3, 0.4) is 0 Å². The first-order chi connectivity index (χ1) is 8.93. The second-order valence-electron chi connectivity index (χ2n) is 6.33. The molecule has 0 aliphatic heterocycles. The van der Waals surface area contributed by atoms with Crippen molar-refractivity contribution < 1.29 is 14.2 Å². The third-order valence-corrected chi connectivity index (χ3v) is 4.34. The lowest BCUT2D eigenvalue weighted by molar-refractivity contribution is 0.0548. The highest BCUT2D eigenvalue weighted by molar-refractivity contribution is 5.36. The van der Waals surface area contributed by atoms with Crippen LogP contribution in [0.25, 0.3) is 0 Å². The van der Waals surface area contributed by atoms with Crippen LogP contribution < -0.4 is 4.74 Å². The van der Waals surface area contributed by atoms with Crippen molar-refractivity contribution >= 4 is 0 Å². The first-order valence-corrected chi connectivity index (χ1v) is 6.94. The molecule has 0 aromatic heterocycles. The van der Waals surface area contributed by atoms with Gasteiger partial charge in [-0.15, -0.1) is 0 Å². The van der Waals surface area contributed by atoms with Gasteiger partial charge in [0.1, 0.15) is 11.6 Å². The van der Waals surface area contributed by atoms with E-state index in [0.29, 0.717) is 16.7 Å². The van der Waals surface area contributed by atoms with E-state index in [9.17, 15) is 9.50 Å². The van der Waals surface area contributed by atoms with Crippen LogP contribution in [0, 0.1) is 17.2 Å². The number of benzene rings is 1. The molecule has 1 fully saturated rings. The lowest BCUT2D eigenvalue weighted by atomic mass is 9.71. The number of halogens is 1. The summed E-state index contributed by atoms with van der Waals surface area (Å²) >= 11 is 0. The quantitative estimate of drug-likeness (QED) is 0.893. The Hall–Kier alpha value is -1.09. The molecule has 1 aromatic carbocycles. The van der Waals surface area contributed by atoms with Crippen LogP contribution in [0.15, 0.2) is 18.2 Å². The predicted octanol–water partition coefficient (Wildman–Crippen LogP) is 4.08. The van der Waals surface area contributed by atoms with Crippen LogP contribution in [0.4, 0.5) is 4.39 Å². The molecule has 1 aliphatic rings. The zero-order chi connectivity index (χ0) is 14.0. The normalized spacial score (nSPS) is 21.1. The van der Waals surface area contributed by atoms with Gasteiger partial charge in [-0.3, -0.25) is 0 Å². The first kappa shape index (κ1) is 14.3. The molecular weight excluding hydrogens is 243 g/mol. The fraction of sp³-hybridized carbons (Fsp3) is 0.625. The maximum absolute atomic E-state index is 13.4. The summed E-state index contributed by atoms with van der Waals surface area (Å²) in [5, 5.41) is 10.5. The largest absolute Gasteiger partial charge is 0.496 e. The van der Waals surface area contributed by atoms with Crippen molar-refractivity contribution in [3.8, 4) is 5.75 Å². The molecule has 3 heteroatoms. The van der Waals surface area contributed by atoms with Crippen LogP contribution in [0.1, 0.15) is 51.2 Å². The molecule has 0 radical (unpaired) electrons. The predicted molar refractivity (Wildman–Crippen MR) is 73.7 cm³/mol. The van der Waals surface area contributed by atoms with Gasteiger partial charge >= 0.3 is 0 Å². The Labute approximate surface area is 114 Å². The van der Waals surface area contributed by atoms with Gasteiger partial charge in [-0.05, 0) is 55.2 Å². The van der Waals surface area contributed by atoms with Crippen molar-refractivity contribution in [2.45, 2.75) is 45.6 Å². The van der Waals surface area contributed by atoms with Crippen molar-refractivity contribution in [2.75, 3.05) is 7.11 Å². The summed E-state index contributed by atoms with van der Waals surface area (Å²) < 4.78 is 18.6. The summed E-state index contributed by atoms with van der Waals surface area (Å²) in [7, 11) is 1.55. The average Bonchev–Trinajstić information content (AvgIpc) is 2.38. The van der Waals surface area contributed by atoms with Crippen molar-refractivity contribution in [3.05, 3.63) is 29.6 Å².